The maximum Gasteiger partial charge on any atom is 0.0907 e. The van der Waals surface area contributed by atoms with E-state index in [1.165, 1.54) is 12.8 Å². The molecule has 1 aromatic carbocycles. The molecule has 100 valence electrons. The molecule has 4 nitrogen and oxygen atoms in total. The van der Waals surface area contributed by atoms with E-state index in [4.69, 9.17) is 10.5 Å². The first-order valence-electron chi connectivity index (χ1n) is 6.78. The summed E-state index contributed by atoms with van der Waals surface area (Å²) in [7, 11) is 0. The Bertz CT molecular complexity index is 639. The molecule has 0 spiro atoms. The summed E-state index contributed by atoms with van der Waals surface area (Å²) in [5.74, 6) is 0. The Morgan fingerprint density at radius 1 is 1.42 bits per heavy atom. The molecule has 5 heteroatoms. The Morgan fingerprint density at radius 3 is 3.05 bits per heavy atom. The Labute approximate surface area is 116 Å². The zero-order valence-corrected chi connectivity index (χ0v) is 11.7. The van der Waals surface area contributed by atoms with Gasteiger partial charge in [0, 0.05) is 0 Å². The maximum atomic E-state index is 6.15. The lowest BCUT2D eigenvalue weighted by molar-refractivity contribution is 0.102. The van der Waals surface area contributed by atoms with Crippen molar-refractivity contribution in [3.8, 4) is 0 Å². The Kier molecular flexibility index (Phi) is 2.47. The van der Waals surface area contributed by atoms with Crippen molar-refractivity contribution in [3.63, 3.8) is 0 Å². The number of rotatable bonds is 2. The number of benzene rings is 1. The molecule has 2 fully saturated rings. The number of fused-ring (bicyclic) bond motifs is 3. The van der Waals surface area contributed by atoms with Gasteiger partial charge in [-0.15, -0.1) is 11.3 Å². The molecule has 19 heavy (non-hydrogen) atoms. The number of nitrogen functional groups attached to an aromatic ring is 1. The quantitative estimate of drug-likeness (QED) is 0.827. The number of hydrogen-bond acceptors (Lipinski definition) is 5. The molecule has 0 radical (unpaired) electrons. The van der Waals surface area contributed by atoms with E-state index in [1.54, 1.807) is 11.3 Å². The van der Waals surface area contributed by atoms with Gasteiger partial charge in [0.05, 0.1) is 44.8 Å². The van der Waals surface area contributed by atoms with E-state index in [2.05, 4.69) is 16.4 Å². The van der Waals surface area contributed by atoms with Gasteiger partial charge in [0.15, 0.2) is 0 Å². The van der Waals surface area contributed by atoms with Gasteiger partial charge in [0.2, 0.25) is 0 Å². The monoisotopic (exact) mass is 275 g/mol. The second kappa shape index (κ2) is 4.08. The SMILES string of the molecule is Cc1nc2cc(NC3CC4CCC3O4)c(N)cc2s1. The van der Waals surface area contributed by atoms with Crippen molar-refractivity contribution in [2.24, 2.45) is 0 Å². The molecule has 0 saturated carbocycles. The summed E-state index contributed by atoms with van der Waals surface area (Å²) in [5, 5.41) is 4.64. The van der Waals surface area contributed by atoms with Crippen molar-refractivity contribution >= 4 is 32.9 Å². The minimum Gasteiger partial charge on any atom is -0.397 e. The lowest BCUT2D eigenvalue weighted by Gasteiger charge is -2.22. The van der Waals surface area contributed by atoms with Crippen molar-refractivity contribution in [1.29, 1.82) is 0 Å². The average molecular weight is 275 g/mol. The van der Waals surface area contributed by atoms with Gasteiger partial charge in [-0.2, -0.15) is 0 Å². The molecule has 2 saturated heterocycles. The van der Waals surface area contributed by atoms with Crippen LogP contribution in [0.4, 0.5) is 11.4 Å². The second-order valence-electron chi connectivity index (χ2n) is 5.50. The van der Waals surface area contributed by atoms with Gasteiger partial charge in [-0.25, -0.2) is 4.98 Å². The van der Waals surface area contributed by atoms with Crippen LogP contribution in [0.15, 0.2) is 12.1 Å². The van der Waals surface area contributed by atoms with Gasteiger partial charge in [-0.05, 0) is 38.3 Å². The smallest absolute Gasteiger partial charge is 0.0907 e. The van der Waals surface area contributed by atoms with Gasteiger partial charge in [0.25, 0.3) is 0 Å². The number of nitrogens with one attached hydrogen (secondary N) is 1. The fraction of sp³-hybridized carbons (Fsp3) is 0.500. The molecule has 3 atom stereocenters. The van der Waals surface area contributed by atoms with Crippen LogP contribution in [-0.2, 0) is 4.74 Å². The molecular formula is C14H17N3OS. The minimum atomic E-state index is 0.359. The highest BCUT2D eigenvalue weighted by molar-refractivity contribution is 7.18. The van der Waals surface area contributed by atoms with Gasteiger partial charge in [0.1, 0.15) is 0 Å². The van der Waals surface area contributed by atoms with E-state index in [0.29, 0.717) is 18.2 Å². The summed E-state index contributed by atoms with van der Waals surface area (Å²) in [6.45, 7) is 2.03. The summed E-state index contributed by atoms with van der Waals surface area (Å²) in [5.41, 5.74) is 8.98. The first kappa shape index (κ1) is 11.5. The Morgan fingerprint density at radius 2 is 2.32 bits per heavy atom. The number of ether oxygens (including phenoxy) is 1. The molecule has 2 aliphatic rings. The molecule has 0 amide bonds. The normalized spacial score (nSPS) is 29.2. The molecule has 4 rings (SSSR count). The van der Waals surface area contributed by atoms with Crippen molar-refractivity contribution in [3.05, 3.63) is 17.1 Å². The molecule has 2 aromatic rings. The van der Waals surface area contributed by atoms with E-state index < -0.39 is 0 Å². The third-order valence-corrected chi connectivity index (χ3v) is 5.05. The summed E-state index contributed by atoms with van der Waals surface area (Å²) in [6, 6.07) is 4.49. The summed E-state index contributed by atoms with van der Waals surface area (Å²) in [6.07, 6.45) is 4.28. The topological polar surface area (TPSA) is 60.2 Å². The van der Waals surface area contributed by atoms with Gasteiger partial charge in [-0.1, -0.05) is 0 Å². The predicted molar refractivity (Wildman–Crippen MR) is 78.7 cm³/mol. The van der Waals surface area contributed by atoms with Crippen molar-refractivity contribution in [1.82, 2.24) is 4.98 Å². The molecule has 1 aromatic heterocycles. The summed E-state index contributed by atoms with van der Waals surface area (Å²) in [4.78, 5) is 4.53. The third kappa shape index (κ3) is 1.88. The van der Waals surface area contributed by atoms with Gasteiger partial charge in [-0.3, -0.25) is 0 Å². The van der Waals surface area contributed by atoms with Crippen LogP contribution < -0.4 is 11.1 Å². The second-order valence-corrected chi connectivity index (χ2v) is 6.74. The average Bonchev–Trinajstić information content (AvgIpc) is 3.04. The molecular weight excluding hydrogens is 258 g/mol. The lowest BCUT2D eigenvalue weighted by Crippen LogP contribution is -2.30. The Hall–Kier alpha value is -1.33. The fourth-order valence-corrected chi connectivity index (χ4v) is 4.08. The summed E-state index contributed by atoms with van der Waals surface area (Å²) >= 11 is 1.69. The highest BCUT2D eigenvalue weighted by Crippen LogP contribution is 2.37. The third-order valence-electron chi connectivity index (χ3n) is 4.11. The minimum absolute atomic E-state index is 0.359. The molecule has 3 N–H and O–H groups in total. The number of anilines is 2. The van der Waals surface area contributed by atoms with Gasteiger partial charge >= 0.3 is 0 Å². The number of nitrogens with zero attached hydrogens (tertiary/aromatic N) is 1. The van der Waals surface area contributed by atoms with Crippen LogP contribution in [0.3, 0.4) is 0 Å². The van der Waals surface area contributed by atoms with E-state index >= 15 is 0 Å². The van der Waals surface area contributed by atoms with Crippen LogP contribution in [0.5, 0.6) is 0 Å². The highest BCUT2D eigenvalue weighted by Gasteiger charge is 2.40. The highest BCUT2D eigenvalue weighted by atomic mass is 32.1. The van der Waals surface area contributed by atoms with Crippen LogP contribution in [0.25, 0.3) is 10.2 Å². The molecule has 2 bridgehead atoms. The molecule has 3 unspecified atom stereocenters. The van der Waals surface area contributed by atoms with E-state index in [1.807, 2.05) is 13.0 Å². The predicted octanol–water partition coefficient (Wildman–Crippen LogP) is 2.92. The number of hydrogen-bond donors (Lipinski definition) is 2. The summed E-state index contributed by atoms with van der Waals surface area (Å²) < 4.78 is 7.03. The van der Waals surface area contributed by atoms with Crippen molar-refractivity contribution < 1.29 is 4.74 Å². The lowest BCUT2D eigenvalue weighted by atomic mass is 9.95. The first-order chi connectivity index (χ1) is 9.19. The van der Waals surface area contributed by atoms with E-state index in [9.17, 15) is 0 Å². The van der Waals surface area contributed by atoms with Crippen molar-refractivity contribution in [2.45, 2.75) is 44.4 Å². The van der Waals surface area contributed by atoms with E-state index in [-0.39, 0.29) is 0 Å². The largest absolute Gasteiger partial charge is 0.397 e. The van der Waals surface area contributed by atoms with Crippen LogP contribution in [-0.4, -0.2) is 23.2 Å². The number of nitrogens with two attached hydrogens (primary N) is 1. The van der Waals surface area contributed by atoms with Crippen LogP contribution >= 0.6 is 11.3 Å². The molecule has 3 heterocycles. The van der Waals surface area contributed by atoms with Crippen LogP contribution in [0, 0.1) is 6.92 Å². The van der Waals surface area contributed by atoms with Crippen LogP contribution in [0.1, 0.15) is 24.3 Å². The number of aromatic nitrogens is 1. The molecule has 0 aliphatic carbocycles. The fourth-order valence-electron chi connectivity index (χ4n) is 3.22. The van der Waals surface area contributed by atoms with E-state index in [0.717, 1.165) is 33.0 Å². The standard InChI is InChI=1S/C14H17N3OS/c1-7-16-12-6-10(9(15)5-14(12)19-7)17-11-4-8-2-3-13(11)18-8/h5-6,8,11,13,17H,2-4,15H2,1H3. The number of aryl methyl sites for hydroxylation is 1. The number of thiazole rings is 1. The van der Waals surface area contributed by atoms with Crippen molar-refractivity contribution in [2.75, 3.05) is 11.1 Å². The van der Waals surface area contributed by atoms with Gasteiger partial charge < -0.3 is 15.8 Å². The zero-order valence-electron chi connectivity index (χ0n) is 10.8. The first-order valence-corrected chi connectivity index (χ1v) is 7.59. The molecule has 2 aliphatic heterocycles. The zero-order chi connectivity index (χ0) is 13.0. The Balaban J connectivity index is 1.65. The van der Waals surface area contributed by atoms with Crippen LogP contribution in [0.2, 0.25) is 0 Å². The maximum absolute atomic E-state index is 6.15.